The van der Waals surface area contributed by atoms with Crippen LogP contribution in [0.2, 0.25) is 0 Å². The zero-order chi connectivity index (χ0) is 10.6. The fourth-order valence-corrected chi connectivity index (χ4v) is 1.16. The summed E-state index contributed by atoms with van der Waals surface area (Å²) in [6.07, 6.45) is 0.412. The number of nitrogens with one attached hydrogen (secondary N) is 1. The molecule has 1 aromatic carbocycles. The molecule has 0 aliphatic carbocycles. The Morgan fingerprint density at radius 2 is 2.29 bits per heavy atom. The van der Waals surface area contributed by atoms with Gasteiger partial charge in [-0.05, 0) is 31.5 Å². The Morgan fingerprint density at radius 3 is 2.86 bits per heavy atom. The van der Waals surface area contributed by atoms with Crippen LogP contribution in [0.1, 0.15) is 18.9 Å². The number of aryl methyl sites for hydroxylation is 1. The average molecular weight is 192 g/mol. The van der Waals surface area contributed by atoms with E-state index in [1.54, 1.807) is 13.0 Å². The number of anilines is 1. The topological polar surface area (TPSA) is 35.8 Å². The lowest BCUT2D eigenvalue weighted by Gasteiger charge is -2.12. The Labute approximate surface area is 83.4 Å². The summed E-state index contributed by atoms with van der Waals surface area (Å²) in [5, 5.41) is 11.5. The summed E-state index contributed by atoms with van der Waals surface area (Å²) in [5.41, 5.74) is 1.35. The van der Waals surface area contributed by atoms with E-state index in [9.17, 15) is 4.39 Å². The molecule has 0 aromatic heterocycles. The molecule has 0 fully saturated rings. The van der Waals surface area contributed by atoms with Gasteiger partial charge >= 0.3 is 0 Å². The number of benzene rings is 1. The molecule has 0 bridgehead atoms. The smallest absolute Gasteiger partial charge is 0.128 e. The second-order valence-electron chi connectivity index (χ2n) is 3.37. The molecule has 0 spiro atoms. The molecular weight excluding hydrogens is 179 g/mol. The summed E-state index contributed by atoms with van der Waals surface area (Å²) >= 11 is 0. The molecule has 0 heterocycles. The van der Waals surface area contributed by atoms with Crippen LogP contribution >= 0.6 is 0 Å². The lowest BCUT2D eigenvalue weighted by Crippen LogP contribution is -2.14. The van der Waals surface area contributed by atoms with Gasteiger partial charge in [-0.1, -0.05) is 6.07 Å². The first-order valence-electron chi connectivity index (χ1n) is 4.53. The van der Waals surface area contributed by atoms with Crippen molar-refractivity contribution in [2.45, 2.75) is 26.3 Å². The predicted octanol–water partition coefficient (Wildman–Crippen LogP) is 2.85. The lowest BCUT2D eigenvalue weighted by molar-refractivity contribution is 0.618. The van der Waals surface area contributed by atoms with Crippen molar-refractivity contribution < 1.29 is 4.39 Å². The average Bonchev–Trinajstić information content (AvgIpc) is 2.12. The minimum Gasteiger partial charge on any atom is -0.381 e. The molecule has 0 amide bonds. The van der Waals surface area contributed by atoms with E-state index < -0.39 is 0 Å². The monoisotopic (exact) mass is 192 g/mol. The van der Waals surface area contributed by atoms with Crippen molar-refractivity contribution >= 4 is 5.69 Å². The molecular formula is C11H13FN2. The van der Waals surface area contributed by atoms with Crippen molar-refractivity contribution in [3.63, 3.8) is 0 Å². The molecule has 14 heavy (non-hydrogen) atoms. The molecule has 3 heteroatoms. The van der Waals surface area contributed by atoms with Gasteiger partial charge in [0.15, 0.2) is 0 Å². The molecule has 1 rings (SSSR count). The van der Waals surface area contributed by atoms with E-state index in [0.29, 0.717) is 12.0 Å². The minimum absolute atomic E-state index is 0.0436. The predicted molar refractivity (Wildman–Crippen MR) is 54.5 cm³/mol. The van der Waals surface area contributed by atoms with Gasteiger partial charge in [0.25, 0.3) is 0 Å². The Bertz CT molecular complexity index is 355. The first-order chi connectivity index (χ1) is 6.63. The van der Waals surface area contributed by atoms with Gasteiger partial charge in [0.1, 0.15) is 5.82 Å². The van der Waals surface area contributed by atoms with E-state index in [1.807, 2.05) is 13.0 Å². The fraction of sp³-hybridized carbons (Fsp3) is 0.364. The van der Waals surface area contributed by atoms with Gasteiger partial charge in [-0.2, -0.15) is 5.26 Å². The van der Waals surface area contributed by atoms with Gasteiger partial charge in [-0.25, -0.2) is 4.39 Å². The summed E-state index contributed by atoms with van der Waals surface area (Å²) in [7, 11) is 0. The maximum absolute atomic E-state index is 13.1. The maximum Gasteiger partial charge on any atom is 0.128 e. The lowest BCUT2D eigenvalue weighted by atomic mass is 10.2. The molecule has 1 aromatic rings. The summed E-state index contributed by atoms with van der Waals surface area (Å²) < 4.78 is 13.1. The molecule has 1 N–H and O–H groups in total. The van der Waals surface area contributed by atoms with Crippen LogP contribution in [-0.4, -0.2) is 6.04 Å². The fourth-order valence-electron chi connectivity index (χ4n) is 1.16. The van der Waals surface area contributed by atoms with E-state index >= 15 is 0 Å². The van der Waals surface area contributed by atoms with Crippen LogP contribution in [0.5, 0.6) is 0 Å². The highest BCUT2D eigenvalue weighted by Gasteiger charge is 2.03. The first-order valence-corrected chi connectivity index (χ1v) is 4.53. The van der Waals surface area contributed by atoms with Crippen LogP contribution in [0.25, 0.3) is 0 Å². The van der Waals surface area contributed by atoms with Crippen molar-refractivity contribution in [1.82, 2.24) is 0 Å². The van der Waals surface area contributed by atoms with E-state index in [0.717, 1.165) is 5.69 Å². The number of hydrogen-bond donors (Lipinski definition) is 1. The van der Waals surface area contributed by atoms with Crippen molar-refractivity contribution in [1.29, 1.82) is 5.26 Å². The quantitative estimate of drug-likeness (QED) is 0.799. The largest absolute Gasteiger partial charge is 0.381 e. The van der Waals surface area contributed by atoms with Crippen LogP contribution in [-0.2, 0) is 0 Å². The van der Waals surface area contributed by atoms with Crippen LogP contribution in [0, 0.1) is 24.1 Å². The van der Waals surface area contributed by atoms with E-state index in [-0.39, 0.29) is 11.9 Å². The third-order valence-corrected chi connectivity index (χ3v) is 1.98. The summed E-state index contributed by atoms with van der Waals surface area (Å²) in [5.74, 6) is -0.223. The van der Waals surface area contributed by atoms with E-state index in [1.165, 1.54) is 6.07 Å². The van der Waals surface area contributed by atoms with Crippen molar-refractivity contribution in [3.8, 4) is 6.07 Å². The van der Waals surface area contributed by atoms with Gasteiger partial charge in [0.2, 0.25) is 0 Å². The zero-order valence-electron chi connectivity index (χ0n) is 8.34. The normalized spacial score (nSPS) is 11.9. The second-order valence-corrected chi connectivity index (χ2v) is 3.37. The molecule has 0 aliphatic heterocycles. The second kappa shape index (κ2) is 4.61. The number of nitrogens with zero attached hydrogens (tertiary/aromatic N) is 1. The summed E-state index contributed by atoms with van der Waals surface area (Å²) in [6.45, 7) is 3.61. The van der Waals surface area contributed by atoms with Crippen LogP contribution < -0.4 is 5.32 Å². The zero-order valence-corrected chi connectivity index (χ0v) is 8.34. The van der Waals surface area contributed by atoms with Gasteiger partial charge in [0, 0.05) is 11.7 Å². The summed E-state index contributed by atoms with van der Waals surface area (Å²) in [6, 6.07) is 7.08. The van der Waals surface area contributed by atoms with Gasteiger partial charge in [-0.3, -0.25) is 0 Å². The molecule has 0 saturated heterocycles. The SMILES string of the molecule is Cc1ccc(NC(C)CC#N)cc1F. The van der Waals surface area contributed by atoms with E-state index in [2.05, 4.69) is 11.4 Å². The Kier molecular flexibility index (Phi) is 3.47. The standard InChI is InChI=1S/C11H13FN2/c1-8-3-4-10(7-11(8)12)14-9(2)5-6-13/h3-4,7,9,14H,5H2,1-2H3. The summed E-state index contributed by atoms with van der Waals surface area (Å²) in [4.78, 5) is 0. The third-order valence-electron chi connectivity index (χ3n) is 1.98. The number of halogens is 1. The van der Waals surface area contributed by atoms with Crippen molar-refractivity contribution in [3.05, 3.63) is 29.6 Å². The molecule has 2 nitrogen and oxygen atoms in total. The van der Waals surface area contributed by atoms with E-state index in [4.69, 9.17) is 5.26 Å². The van der Waals surface area contributed by atoms with Gasteiger partial charge in [0.05, 0.1) is 12.5 Å². The maximum atomic E-state index is 13.1. The van der Waals surface area contributed by atoms with Gasteiger partial charge < -0.3 is 5.32 Å². The van der Waals surface area contributed by atoms with Crippen molar-refractivity contribution in [2.24, 2.45) is 0 Å². The Hall–Kier alpha value is -1.56. The Balaban J connectivity index is 2.69. The molecule has 0 saturated carbocycles. The molecule has 74 valence electrons. The number of hydrogen-bond acceptors (Lipinski definition) is 2. The Morgan fingerprint density at radius 1 is 1.57 bits per heavy atom. The minimum atomic E-state index is -0.223. The molecule has 0 aliphatic rings. The van der Waals surface area contributed by atoms with Crippen LogP contribution in [0.4, 0.5) is 10.1 Å². The highest BCUT2D eigenvalue weighted by Crippen LogP contribution is 2.14. The molecule has 1 atom stereocenters. The van der Waals surface area contributed by atoms with Crippen LogP contribution in [0.3, 0.4) is 0 Å². The van der Waals surface area contributed by atoms with Gasteiger partial charge in [-0.15, -0.1) is 0 Å². The third kappa shape index (κ3) is 2.74. The van der Waals surface area contributed by atoms with Crippen molar-refractivity contribution in [2.75, 3.05) is 5.32 Å². The molecule has 0 radical (unpaired) electrons. The highest BCUT2D eigenvalue weighted by molar-refractivity contribution is 5.45. The van der Waals surface area contributed by atoms with Crippen LogP contribution in [0.15, 0.2) is 18.2 Å². The molecule has 1 unspecified atom stereocenters. The highest BCUT2D eigenvalue weighted by atomic mass is 19.1. The number of nitriles is 1. The number of rotatable bonds is 3. The first kappa shape index (κ1) is 10.5.